The van der Waals surface area contributed by atoms with Crippen molar-refractivity contribution < 1.29 is 9.90 Å². The number of anilines is 1. The Labute approximate surface area is 172 Å². The number of rotatable bonds is 5. The first kappa shape index (κ1) is 18.3. The van der Waals surface area contributed by atoms with Gasteiger partial charge >= 0.3 is 5.97 Å². The molecule has 3 heterocycles. The molecule has 0 bridgehead atoms. The van der Waals surface area contributed by atoms with Crippen molar-refractivity contribution in [1.29, 1.82) is 0 Å². The minimum absolute atomic E-state index is 0.209. The van der Waals surface area contributed by atoms with Gasteiger partial charge in [-0.05, 0) is 30.7 Å². The lowest BCUT2D eigenvalue weighted by Gasteiger charge is -2.20. The number of aromatic carboxylic acids is 1. The first-order valence-corrected chi connectivity index (χ1v) is 9.79. The van der Waals surface area contributed by atoms with Crippen molar-refractivity contribution in [2.45, 2.75) is 19.5 Å². The molecule has 5 rings (SSSR count). The summed E-state index contributed by atoms with van der Waals surface area (Å²) < 4.78 is 1.60. The van der Waals surface area contributed by atoms with Crippen molar-refractivity contribution >= 4 is 22.7 Å². The van der Waals surface area contributed by atoms with Gasteiger partial charge in [-0.2, -0.15) is 14.8 Å². The molecule has 150 valence electrons. The van der Waals surface area contributed by atoms with Crippen molar-refractivity contribution in [3.8, 4) is 5.95 Å². The number of nitrogens with zero attached hydrogens (tertiary/aromatic N) is 4. The molecule has 1 aliphatic heterocycles. The number of carboxylic acids is 1. The molecule has 0 unspecified atom stereocenters. The first-order chi connectivity index (χ1) is 14.7. The molecule has 2 aromatic heterocycles. The van der Waals surface area contributed by atoms with Crippen molar-refractivity contribution in [3.63, 3.8) is 0 Å². The summed E-state index contributed by atoms with van der Waals surface area (Å²) in [5.74, 6) is 0.227. The highest BCUT2D eigenvalue weighted by Gasteiger charge is 2.20. The number of hydrogen-bond acceptors (Lipinski definition) is 6. The van der Waals surface area contributed by atoms with Crippen LogP contribution in [0.15, 0.2) is 54.7 Å². The molecular formula is C22H20N6O2. The summed E-state index contributed by atoms with van der Waals surface area (Å²) in [7, 11) is 0. The van der Waals surface area contributed by atoms with Crippen molar-refractivity contribution in [1.82, 2.24) is 25.1 Å². The lowest BCUT2D eigenvalue weighted by molar-refractivity contribution is 0.0699. The van der Waals surface area contributed by atoms with E-state index in [2.05, 4.69) is 27.9 Å². The van der Waals surface area contributed by atoms with E-state index < -0.39 is 5.97 Å². The van der Waals surface area contributed by atoms with E-state index in [-0.39, 0.29) is 5.56 Å². The molecule has 1 aliphatic rings. The molecule has 0 atom stereocenters. The van der Waals surface area contributed by atoms with Gasteiger partial charge in [-0.15, -0.1) is 0 Å². The molecule has 0 fully saturated rings. The summed E-state index contributed by atoms with van der Waals surface area (Å²) in [5.41, 5.74) is 4.07. The third-order valence-corrected chi connectivity index (χ3v) is 5.26. The second-order valence-electron chi connectivity index (χ2n) is 7.16. The normalized spacial score (nSPS) is 13.2. The second kappa shape index (κ2) is 7.57. The van der Waals surface area contributed by atoms with Crippen LogP contribution in [0.3, 0.4) is 0 Å². The van der Waals surface area contributed by atoms with Gasteiger partial charge in [0.15, 0.2) is 0 Å². The van der Waals surface area contributed by atoms with Crippen LogP contribution < -0.4 is 10.6 Å². The summed E-state index contributed by atoms with van der Waals surface area (Å²) in [4.78, 5) is 21.0. The summed E-state index contributed by atoms with van der Waals surface area (Å²) in [6.45, 7) is 2.19. The van der Waals surface area contributed by atoms with E-state index in [1.807, 2.05) is 24.3 Å². The number of hydrogen-bond donors (Lipinski definition) is 3. The lowest BCUT2D eigenvalue weighted by Crippen LogP contribution is -2.27. The van der Waals surface area contributed by atoms with Crippen LogP contribution in [0.2, 0.25) is 0 Å². The number of aromatic nitrogens is 4. The van der Waals surface area contributed by atoms with E-state index >= 15 is 0 Å². The summed E-state index contributed by atoms with van der Waals surface area (Å²) in [5, 5.41) is 21.2. The maximum Gasteiger partial charge on any atom is 0.336 e. The third kappa shape index (κ3) is 3.27. The SMILES string of the molecule is O=C(O)c1cccc2c1cnn2-c1nc2c(c(NCc3ccccc3)n1)CCNC2. The van der Waals surface area contributed by atoms with E-state index in [1.165, 1.54) is 0 Å². The Hall–Kier alpha value is -3.78. The predicted octanol–water partition coefficient (Wildman–Crippen LogP) is 2.77. The zero-order valence-electron chi connectivity index (χ0n) is 16.2. The highest BCUT2D eigenvalue weighted by molar-refractivity contribution is 6.02. The average molecular weight is 400 g/mol. The zero-order valence-corrected chi connectivity index (χ0v) is 16.2. The maximum absolute atomic E-state index is 11.5. The molecule has 0 saturated heterocycles. The topological polar surface area (TPSA) is 105 Å². The molecule has 3 N–H and O–H groups in total. The fourth-order valence-electron chi connectivity index (χ4n) is 3.77. The molecule has 0 spiro atoms. The average Bonchev–Trinajstić information content (AvgIpc) is 3.22. The molecule has 2 aromatic carbocycles. The number of carbonyl (C=O) groups is 1. The van der Waals surface area contributed by atoms with Crippen LogP contribution in [0, 0.1) is 0 Å². The standard InChI is InChI=1S/C22H20N6O2/c29-21(30)15-7-4-8-19-17(15)12-25-28(19)22-26-18-13-23-10-9-16(18)20(27-22)24-11-14-5-2-1-3-6-14/h1-8,12,23H,9-11,13H2,(H,29,30)(H,24,26,27). The monoisotopic (exact) mass is 400 g/mol. The Morgan fingerprint density at radius 3 is 2.83 bits per heavy atom. The second-order valence-corrected chi connectivity index (χ2v) is 7.16. The van der Waals surface area contributed by atoms with E-state index in [9.17, 15) is 9.90 Å². The molecular weight excluding hydrogens is 380 g/mol. The van der Waals surface area contributed by atoms with Crippen LogP contribution in [0.4, 0.5) is 5.82 Å². The molecule has 0 saturated carbocycles. The van der Waals surface area contributed by atoms with Gasteiger partial charge in [0.25, 0.3) is 5.95 Å². The first-order valence-electron chi connectivity index (χ1n) is 9.79. The largest absolute Gasteiger partial charge is 0.478 e. The fraction of sp³-hybridized carbons (Fsp3) is 0.182. The lowest BCUT2D eigenvalue weighted by atomic mass is 10.1. The number of carboxylic acid groups (broad SMARTS) is 1. The van der Waals surface area contributed by atoms with Crippen LogP contribution in [0.25, 0.3) is 16.9 Å². The van der Waals surface area contributed by atoms with Crippen molar-refractivity contribution in [2.75, 3.05) is 11.9 Å². The quantitative estimate of drug-likeness (QED) is 0.473. The Bertz CT molecular complexity index is 1240. The molecule has 30 heavy (non-hydrogen) atoms. The Kier molecular flexibility index (Phi) is 4.61. The van der Waals surface area contributed by atoms with E-state index in [1.54, 1.807) is 23.0 Å². The molecule has 0 amide bonds. The van der Waals surface area contributed by atoms with E-state index in [4.69, 9.17) is 9.97 Å². The van der Waals surface area contributed by atoms with Gasteiger partial charge in [0, 0.05) is 24.0 Å². The van der Waals surface area contributed by atoms with Crippen LogP contribution in [-0.2, 0) is 19.5 Å². The molecule has 8 nitrogen and oxygen atoms in total. The number of nitrogens with one attached hydrogen (secondary N) is 2. The van der Waals surface area contributed by atoms with Gasteiger partial charge in [0.05, 0.1) is 23.0 Å². The molecule has 0 radical (unpaired) electrons. The summed E-state index contributed by atoms with van der Waals surface area (Å²) in [6.07, 6.45) is 2.40. The molecule has 8 heteroatoms. The van der Waals surface area contributed by atoms with Crippen molar-refractivity contribution in [3.05, 3.63) is 77.1 Å². The van der Waals surface area contributed by atoms with Gasteiger partial charge in [-0.3, -0.25) is 0 Å². The highest BCUT2D eigenvalue weighted by atomic mass is 16.4. The van der Waals surface area contributed by atoms with Crippen LogP contribution in [0.5, 0.6) is 0 Å². The van der Waals surface area contributed by atoms with Gasteiger partial charge < -0.3 is 15.7 Å². The Morgan fingerprint density at radius 2 is 2.00 bits per heavy atom. The molecule has 4 aromatic rings. The Balaban J connectivity index is 1.58. The third-order valence-electron chi connectivity index (χ3n) is 5.26. The van der Waals surface area contributed by atoms with Crippen LogP contribution in [0.1, 0.15) is 27.2 Å². The summed E-state index contributed by atoms with van der Waals surface area (Å²) in [6, 6.07) is 15.3. The fourth-order valence-corrected chi connectivity index (χ4v) is 3.77. The van der Waals surface area contributed by atoms with Crippen molar-refractivity contribution in [2.24, 2.45) is 0 Å². The number of fused-ring (bicyclic) bond motifs is 2. The van der Waals surface area contributed by atoms with Crippen LogP contribution >= 0.6 is 0 Å². The maximum atomic E-state index is 11.5. The summed E-state index contributed by atoms with van der Waals surface area (Å²) >= 11 is 0. The van der Waals surface area contributed by atoms with Gasteiger partial charge in [0.1, 0.15) is 5.82 Å². The zero-order chi connectivity index (χ0) is 20.5. The highest BCUT2D eigenvalue weighted by Crippen LogP contribution is 2.25. The minimum Gasteiger partial charge on any atom is -0.478 e. The van der Waals surface area contributed by atoms with Crippen LogP contribution in [-0.4, -0.2) is 37.4 Å². The predicted molar refractivity (Wildman–Crippen MR) is 113 cm³/mol. The minimum atomic E-state index is -0.985. The van der Waals surface area contributed by atoms with E-state index in [0.29, 0.717) is 29.9 Å². The van der Waals surface area contributed by atoms with E-state index in [0.717, 1.165) is 35.6 Å². The van der Waals surface area contributed by atoms with Gasteiger partial charge in [-0.1, -0.05) is 36.4 Å². The Morgan fingerprint density at radius 1 is 1.13 bits per heavy atom. The number of benzene rings is 2. The molecule has 0 aliphatic carbocycles. The van der Waals surface area contributed by atoms with Gasteiger partial charge in [0.2, 0.25) is 0 Å². The smallest absolute Gasteiger partial charge is 0.336 e. The van der Waals surface area contributed by atoms with Gasteiger partial charge in [-0.25, -0.2) is 9.78 Å².